The van der Waals surface area contributed by atoms with Crippen molar-refractivity contribution in [2.75, 3.05) is 0 Å². The minimum absolute atomic E-state index is 0.172. The Morgan fingerprint density at radius 2 is 1.88 bits per heavy atom. The lowest BCUT2D eigenvalue weighted by molar-refractivity contribution is -0.611. The summed E-state index contributed by atoms with van der Waals surface area (Å²) in [7, 11) is -3.95. The molecule has 0 saturated heterocycles. The highest BCUT2D eigenvalue weighted by Crippen LogP contribution is 2.32. The van der Waals surface area contributed by atoms with E-state index in [1.165, 1.54) is 30.5 Å². The second-order valence-electron chi connectivity index (χ2n) is 6.21. The Kier molecular flexibility index (Phi) is 4.95. The van der Waals surface area contributed by atoms with Crippen molar-refractivity contribution in [2.45, 2.75) is 31.2 Å². The summed E-state index contributed by atoms with van der Waals surface area (Å²) in [6, 6.07) is 7.55. The van der Waals surface area contributed by atoms with Crippen molar-refractivity contribution < 1.29 is 22.8 Å². The van der Waals surface area contributed by atoms with Crippen molar-refractivity contribution in [1.29, 1.82) is 0 Å². The van der Waals surface area contributed by atoms with Gasteiger partial charge in [-0.25, -0.2) is 13.1 Å². The molecule has 1 aromatic carbocycles. The van der Waals surface area contributed by atoms with Crippen LogP contribution in [0.15, 0.2) is 47.5 Å². The van der Waals surface area contributed by atoms with Gasteiger partial charge in [-0.3, -0.25) is 10.1 Å². The molecule has 0 amide bonds. The molecule has 10 heteroatoms. The molecule has 2 rings (SSSR count). The third-order valence-electron chi connectivity index (χ3n) is 2.88. The molecule has 9 nitrogen and oxygen atoms in total. The van der Waals surface area contributed by atoms with Gasteiger partial charge in [-0.05, 0) is 39.0 Å². The van der Waals surface area contributed by atoms with E-state index in [1.54, 1.807) is 20.8 Å². The van der Waals surface area contributed by atoms with E-state index in [-0.39, 0.29) is 16.5 Å². The largest absolute Gasteiger partial charge is 0.616 e. The number of aromatic nitrogens is 1. The first-order valence-electron chi connectivity index (χ1n) is 7.18. The number of pyridine rings is 1. The third-order valence-corrected chi connectivity index (χ3v) is 4.64. The van der Waals surface area contributed by atoms with E-state index in [0.717, 1.165) is 12.1 Å². The normalized spacial score (nSPS) is 12.0. The molecule has 1 heterocycles. The highest BCUT2D eigenvalue weighted by atomic mass is 32.2. The monoisotopic (exact) mass is 367 g/mol. The molecule has 0 aliphatic carbocycles. The van der Waals surface area contributed by atoms with E-state index >= 15 is 0 Å². The van der Waals surface area contributed by atoms with Crippen LogP contribution in [0.25, 0.3) is 0 Å². The van der Waals surface area contributed by atoms with Gasteiger partial charge < -0.3 is 9.94 Å². The van der Waals surface area contributed by atoms with Crippen LogP contribution < -0.4 is 14.2 Å². The second-order valence-corrected chi connectivity index (χ2v) is 7.89. The summed E-state index contributed by atoms with van der Waals surface area (Å²) in [5.74, 6) is -0.412. The summed E-state index contributed by atoms with van der Waals surface area (Å²) in [5, 5.41) is 22.9. The molecule has 0 bridgehead atoms. The minimum Gasteiger partial charge on any atom is -0.616 e. The van der Waals surface area contributed by atoms with Crippen molar-refractivity contribution >= 4 is 15.7 Å². The fraction of sp³-hybridized carbons (Fsp3) is 0.267. The fourth-order valence-electron chi connectivity index (χ4n) is 1.96. The summed E-state index contributed by atoms with van der Waals surface area (Å²) in [4.78, 5) is 10.2. The molecule has 1 N–H and O–H groups in total. The van der Waals surface area contributed by atoms with Crippen LogP contribution in [0.3, 0.4) is 0 Å². The molecule has 0 aliphatic rings. The average molecular weight is 367 g/mol. The van der Waals surface area contributed by atoms with Gasteiger partial charge in [0.25, 0.3) is 0 Å². The van der Waals surface area contributed by atoms with Gasteiger partial charge in [0, 0.05) is 17.7 Å². The highest BCUT2D eigenvalue weighted by molar-refractivity contribution is 7.89. The Hall–Kier alpha value is -2.72. The molecular formula is C15H17N3O6S. The zero-order chi connectivity index (χ0) is 18.8. The predicted molar refractivity (Wildman–Crippen MR) is 88.6 cm³/mol. The van der Waals surface area contributed by atoms with Crippen LogP contribution >= 0.6 is 0 Å². The van der Waals surface area contributed by atoms with E-state index in [0.29, 0.717) is 4.73 Å². The molecule has 0 radical (unpaired) electrons. The van der Waals surface area contributed by atoms with Gasteiger partial charge in [0.1, 0.15) is 0 Å². The van der Waals surface area contributed by atoms with Crippen LogP contribution in [-0.4, -0.2) is 18.9 Å². The lowest BCUT2D eigenvalue weighted by Gasteiger charge is -2.20. The van der Waals surface area contributed by atoms with Gasteiger partial charge in [-0.15, -0.1) is 4.73 Å². The predicted octanol–water partition coefficient (Wildman–Crippen LogP) is 2.10. The lowest BCUT2D eigenvalue weighted by atomic mass is 10.1. The summed E-state index contributed by atoms with van der Waals surface area (Å²) < 4.78 is 32.7. The van der Waals surface area contributed by atoms with E-state index in [1.807, 2.05) is 0 Å². The number of benzene rings is 1. The molecule has 2 aromatic rings. The number of rotatable bonds is 5. The molecule has 1 aromatic heterocycles. The number of nitrogens with one attached hydrogen (secondary N) is 1. The Morgan fingerprint density at radius 3 is 2.44 bits per heavy atom. The van der Waals surface area contributed by atoms with Crippen molar-refractivity contribution in [3.05, 3.63) is 57.9 Å². The molecular weight excluding hydrogens is 350 g/mol. The highest BCUT2D eigenvalue weighted by Gasteiger charge is 2.27. The van der Waals surface area contributed by atoms with Crippen molar-refractivity contribution in [1.82, 2.24) is 4.72 Å². The SMILES string of the molecule is CC(C)(C)NS(=O)(=O)c1ccc(Oc2cccc[n+]2[O-])c([N+](=O)[O-])c1. The van der Waals surface area contributed by atoms with Crippen LogP contribution in [0.1, 0.15) is 20.8 Å². The average Bonchev–Trinajstić information content (AvgIpc) is 2.47. The maximum Gasteiger partial charge on any atom is 0.385 e. The summed E-state index contributed by atoms with van der Waals surface area (Å²) >= 11 is 0. The Balaban J connectivity index is 2.45. The second kappa shape index (κ2) is 6.65. The van der Waals surface area contributed by atoms with Crippen LogP contribution in [0.2, 0.25) is 0 Å². The molecule has 0 atom stereocenters. The van der Waals surface area contributed by atoms with E-state index in [4.69, 9.17) is 4.74 Å². The fourth-order valence-corrected chi connectivity index (χ4v) is 3.40. The Morgan fingerprint density at radius 1 is 1.20 bits per heavy atom. The number of nitro groups is 1. The first-order chi connectivity index (χ1) is 11.5. The Labute approximate surface area is 144 Å². The van der Waals surface area contributed by atoms with Crippen molar-refractivity contribution in [3.8, 4) is 11.6 Å². The summed E-state index contributed by atoms with van der Waals surface area (Å²) in [6.07, 6.45) is 1.17. The number of hydrogen-bond donors (Lipinski definition) is 1. The van der Waals surface area contributed by atoms with Gasteiger partial charge in [0.15, 0.2) is 6.20 Å². The number of sulfonamides is 1. The van der Waals surface area contributed by atoms with E-state index in [9.17, 15) is 23.7 Å². The lowest BCUT2D eigenvalue weighted by Crippen LogP contribution is -2.40. The van der Waals surface area contributed by atoms with E-state index < -0.39 is 26.2 Å². The van der Waals surface area contributed by atoms with Crippen LogP contribution in [0, 0.1) is 15.3 Å². The van der Waals surface area contributed by atoms with Crippen LogP contribution in [-0.2, 0) is 10.0 Å². The smallest absolute Gasteiger partial charge is 0.385 e. The number of nitro benzene ring substituents is 1. The Bertz CT molecular complexity index is 906. The molecule has 0 unspecified atom stereocenters. The quantitative estimate of drug-likeness (QED) is 0.373. The molecule has 0 fully saturated rings. The van der Waals surface area contributed by atoms with Gasteiger partial charge in [-0.1, -0.05) is 0 Å². The first-order valence-corrected chi connectivity index (χ1v) is 8.66. The van der Waals surface area contributed by atoms with Crippen LogP contribution in [0.4, 0.5) is 5.69 Å². The molecule has 0 saturated carbocycles. The molecule has 0 aliphatic heterocycles. The van der Waals surface area contributed by atoms with E-state index in [2.05, 4.69) is 4.72 Å². The number of ether oxygens (including phenoxy) is 1. The van der Waals surface area contributed by atoms with Crippen LogP contribution in [0.5, 0.6) is 11.6 Å². The zero-order valence-electron chi connectivity index (χ0n) is 13.8. The van der Waals surface area contributed by atoms with Crippen molar-refractivity contribution in [2.24, 2.45) is 0 Å². The van der Waals surface area contributed by atoms with Gasteiger partial charge in [-0.2, -0.15) is 0 Å². The maximum atomic E-state index is 12.3. The summed E-state index contributed by atoms with van der Waals surface area (Å²) in [6.45, 7) is 4.95. The molecule has 134 valence electrons. The molecule has 25 heavy (non-hydrogen) atoms. The molecule has 0 spiro atoms. The maximum absolute atomic E-state index is 12.3. The van der Waals surface area contributed by atoms with Gasteiger partial charge in [0.2, 0.25) is 15.8 Å². The number of hydrogen-bond acceptors (Lipinski definition) is 6. The summed E-state index contributed by atoms with van der Waals surface area (Å²) in [5.41, 5.74) is -1.32. The first kappa shape index (κ1) is 18.6. The standard InChI is InChI=1S/C15H17N3O6S/c1-15(2,3)16-25(22,23)11-7-8-13(12(10-11)18(20)21)24-14-6-4-5-9-17(14)19/h4-10,16H,1-3H3. The number of nitrogens with zero attached hydrogens (tertiary/aromatic N) is 2. The zero-order valence-corrected chi connectivity index (χ0v) is 14.6. The van der Waals surface area contributed by atoms with Gasteiger partial charge in [0.05, 0.1) is 15.9 Å². The topological polar surface area (TPSA) is 125 Å². The minimum atomic E-state index is -3.95. The van der Waals surface area contributed by atoms with Gasteiger partial charge >= 0.3 is 11.6 Å². The van der Waals surface area contributed by atoms with Crippen molar-refractivity contribution in [3.63, 3.8) is 0 Å². The third kappa shape index (κ3) is 4.64.